The lowest BCUT2D eigenvalue weighted by Crippen LogP contribution is -2.36. The van der Waals surface area contributed by atoms with Crippen LogP contribution in [-0.4, -0.2) is 32.5 Å². The zero-order valence-electron chi connectivity index (χ0n) is 8.46. The molecule has 2 atom stereocenters. The number of nitrogens with one attached hydrogen (secondary N) is 1. The maximum absolute atomic E-state index is 13.0. The van der Waals surface area contributed by atoms with Gasteiger partial charge in [-0.15, -0.1) is 0 Å². The lowest BCUT2D eigenvalue weighted by Gasteiger charge is -2.17. The summed E-state index contributed by atoms with van der Waals surface area (Å²) in [7, 11) is 0. The van der Waals surface area contributed by atoms with Crippen molar-refractivity contribution in [3.05, 3.63) is 44.7 Å². The molecule has 17 heavy (non-hydrogen) atoms. The SMILES string of the molecule is O=c1[nH]c(=O)n([C@@H]2OC(CO)=C[C@H]2O)cc1F. The third-order valence-electron chi connectivity index (χ3n) is 2.28. The number of aliphatic hydroxyl groups excluding tert-OH is 2. The minimum absolute atomic E-state index is 0.0704. The van der Waals surface area contributed by atoms with E-state index in [1.807, 2.05) is 0 Å². The van der Waals surface area contributed by atoms with E-state index >= 15 is 0 Å². The van der Waals surface area contributed by atoms with Crippen molar-refractivity contribution >= 4 is 0 Å². The molecule has 3 N–H and O–H groups in total. The molecule has 0 unspecified atom stereocenters. The largest absolute Gasteiger partial charge is 0.469 e. The van der Waals surface area contributed by atoms with Gasteiger partial charge in [-0.1, -0.05) is 0 Å². The van der Waals surface area contributed by atoms with Gasteiger partial charge in [0.05, 0.1) is 6.20 Å². The summed E-state index contributed by atoms with van der Waals surface area (Å²) in [6, 6.07) is 0. The Morgan fingerprint density at radius 3 is 2.82 bits per heavy atom. The van der Waals surface area contributed by atoms with Crippen molar-refractivity contribution in [1.29, 1.82) is 0 Å². The van der Waals surface area contributed by atoms with Gasteiger partial charge < -0.3 is 14.9 Å². The molecule has 0 bridgehead atoms. The summed E-state index contributed by atoms with van der Waals surface area (Å²) in [5.41, 5.74) is -2.05. The van der Waals surface area contributed by atoms with E-state index < -0.39 is 36.0 Å². The van der Waals surface area contributed by atoms with Gasteiger partial charge >= 0.3 is 5.69 Å². The van der Waals surface area contributed by atoms with Gasteiger partial charge in [0.25, 0.3) is 5.56 Å². The Morgan fingerprint density at radius 1 is 1.53 bits per heavy atom. The Bertz CT molecular complexity index is 575. The molecule has 1 aliphatic heterocycles. The molecule has 0 spiro atoms. The van der Waals surface area contributed by atoms with E-state index in [0.29, 0.717) is 10.8 Å². The van der Waals surface area contributed by atoms with Crippen LogP contribution in [0.3, 0.4) is 0 Å². The van der Waals surface area contributed by atoms with Crippen LogP contribution in [0, 0.1) is 5.82 Å². The van der Waals surface area contributed by atoms with Gasteiger partial charge in [0.1, 0.15) is 18.5 Å². The first kappa shape index (κ1) is 11.6. The zero-order valence-corrected chi connectivity index (χ0v) is 8.46. The Kier molecular flexibility index (Phi) is 2.82. The molecule has 7 nitrogen and oxygen atoms in total. The van der Waals surface area contributed by atoms with Crippen molar-refractivity contribution < 1.29 is 19.3 Å². The Balaban J connectivity index is 2.40. The minimum atomic E-state index is -1.21. The number of hydrogen-bond donors (Lipinski definition) is 3. The molecule has 92 valence electrons. The van der Waals surface area contributed by atoms with Gasteiger partial charge in [-0.2, -0.15) is 4.39 Å². The number of halogens is 1. The highest BCUT2D eigenvalue weighted by atomic mass is 19.1. The highest BCUT2D eigenvalue weighted by Gasteiger charge is 2.30. The second-order valence-corrected chi connectivity index (χ2v) is 3.43. The van der Waals surface area contributed by atoms with Gasteiger partial charge in [0.2, 0.25) is 12.0 Å². The van der Waals surface area contributed by atoms with Crippen LogP contribution in [0.4, 0.5) is 4.39 Å². The summed E-state index contributed by atoms with van der Waals surface area (Å²) in [4.78, 5) is 23.9. The number of rotatable bonds is 2. The maximum atomic E-state index is 13.0. The predicted molar refractivity (Wildman–Crippen MR) is 52.6 cm³/mol. The van der Waals surface area contributed by atoms with Crippen molar-refractivity contribution in [3.8, 4) is 0 Å². The zero-order chi connectivity index (χ0) is 12.6. The molecular formula is C9H9FN2O5. The van der Waals surface area contributed by atoms with Crippen LogP contribution in [0.15, 0.2) is 27.6 Å². The molecule has 0 saturated heterocycles. The van der Waals surface area contributed by atoms with Crippen molar-refractivity contribution in [2.24, 2.45) is 0 Å². The highest BCUT2D eigenvalue weighted by molar-refractivity contribution is 5.07. The van der Waals surface area contributed by atoms with E-state index in [9.17, 15) is 19.1 Å². The second kappa shape index (κ2) is 4.15. The third kappa shape index (κ3) is 1.99. The first-order chi connectivity index (χ1) is 8.02. The molecule has 8 heteroatoms. The fourth-order valence-corrected chi connectivity index (χ4v) is 1.50. The monoisotopic (exact) mass is 244 g/mol. The van der Waals surface area contributed by atoms with E-state index in [1.54, 1.807) is 4.98 Å². The van der Waals surface area contributed by atoms with E-state index in [2.05, 4.69) is 0 Å². The predicted octanol–water partition coefficient (Wildman–Crippen LogP) is -1.56. The van der Waals surface area contributed by atoms with Crippen LogP contribution < -0.4 is 11.2 Å². The Morgan fingerprint density at radius 2 is 2.24 bits per heavy atom. The minimum Gasteiger partial charge on any atom is -0.469 e. The van der Waals surface area contributed by atoms with E-state index in [4.69, 9.17) is 9.84 Å². The van der Waals surface area contributed by atoms with Crippen LogP contribution in [0.5, 0.6) is 0 Å². The van der Waals surface area contributed by atoms with Crippen LogP contribution in [-0.2, 0) is 4.74 Å². The fraction of sp³-hybridized carbons (Fsp3) is 0.333. The maximum Gasteiger partial charge on any atom is 0.331 e. The number of hydrogen-bond acceptors (Lipinski definition) is 5. The number of aromatic amines is 1. The summed E-state index contributed by atoms with van der Waals surface area (Å²) in [5, 5.41) is 18.3. The van der Waals surface area contributed by atoms with Crippen LogP contribution >= 0.6 is 0 Å². The van der Waals surface area contributed by atoms with E-state index in [-0.39, 0.29) is 5.76 Å². The normalized spacial score (nSPS) is 23.4. The summed E-state index contributed by atoms with van der Waals surface area (Å²) in [6.45, 7) is -0.450. The summed E-state index contributed by atoms with van der Waals surface area (Å²) < 4.78 is 18.7. The van der Waals surface area contributed by atoms with Gasteiger partial charge in [-0.3, -0.25) is 14.3 Å². The smallest absolute Gasteiger partial charge is 0.331 e. The number of aliphatic hydroxyl groups is 2. The average Bonchev–Trinajstić information content (AvgIpc) is 2.65. The summed E-state index contributed by atoms with van der Waals surface area (Å²) >= 11 is 0. The quantitative estimate of drug-likeness (QED) is 0.583. The first-order valence-corrected chi connectivity index (χ1v) is 4.70. The topological polar surface area (TPSA) is 105 Å². The van der Waals surface area contributed by atoms with Crippen molar-refractivity contribution in [2.45, 2.75) is 12.3 Å². The number of ether oxygens (including phenoxy) is 1. The molecule has 2 rings (SSSR count). The van der Waals surface area contributed by atoms with Gasteiger partial charge in [0, 0.05) is 0 Å². The molecule has 0 aromatic carbocycles. The van der Waals surface area contributed by atoms with Crippen molar-refractivity contribution in [2.75, 3.05) is 6.61 Å². The molecule has 0 aliphatic carbocycles. The van der Waals surface area contributed by atoms with Crippen LogP contribution in [0.2, 0.25) is 0 Å². The van der Waals surface area contributed by atoms with Gasteiger partial charge in [-0.25, -0.2) is 4.79 Å². The Labute approximate surface area is 93.4 Å². The van der Waals surface area contributed by atoms with Gasteiger partial charge in [0.15, 0.2) is 0 Å². The lowest BCUT2D eigenvalue weighted by molar-refractivity contribution is -0.0110. The lowest BCUT2D eigenvalue weighted by atomic mass is 10.3. The molecule has 1 aromatic heterocycles. The molecule has 0 amide bonds. The Hall–Kier alpha value is -1.93. The fourth-order valence-electron chi connectivity index (χ4n) is 1.50. The van der Waals surface area contributed by atoms with Crippen molar-refractivity contribution in [1.82, 2.24) is 9.55 Å². The molecule has 0 saturated carbocycles. The molecule has 1 aliphatic rings. The van der Waals surface area contributed by atoms with E-state index in [0.717, 1.165) is 0 Å². The second-order valence-electron chi connectivity index (χ2n) is 3.43. The van der Waals surface area contributed by atoms with Crippen molar-refractivity contribution in [3.63, 3.8) is 0 Å². The number of nitrogens with zero attached hydrogens (tertiary/aromatic N) is 1. The first-order valence-electron chi connectivity index (χ1n) is 4.70. The molecule has 2 heterocycles. The standard InChI is InChI=1S/C9H9FN2O5/c10-5-2-12(9(16)11-7(5)15)8-6(14)1-4(3-13)17-8/h1-2,6,8,13-14H,3H2,(H,11,15,16)/t6-,8-/m1/s1. The number of aromatic nitrogens is 2. The van der Waals surface area contributed by atoms with Gasteiger partial charge in [-0.05, 0) is 6.08 Å². The summed E-state index contributed by atoms with van der Waals surface area (Å²) in [6.07, 6.45) is -0.570. The molecular weight excluding hydrogens is 235 g/mol. The molecule has 1 aromatic rings. The highest BCUT2D eigenvalue weighted by Crippen LogP contribution is 2.24. The summed E-state index contributed by atoms with van der Waals surface area (Å²) in [5.74, 6) is -1.10. The van der Waals surface area contributed by atoms with E-state index in [1.165, 1.54) is 6.08 Å². The van der Waals surface area contributed by atoms with Crippen LogP contribution in [0.1, 0.15) is 6.23 Å². The number of H-pyrrole nitrogens is 1. The molecule has 0 radical (unpaired) electrons. The average molecular weight is 244 g/mol. The van der Waals surface area contributed by atoms with Crippen LogP contribution in [0.25, 0.3) is 0 Å². The molecule has 0 fully saturated rings. The third-order valence-corrected chi connectivity index (χ3v) is 2.28.